The molecule has 1 heterocycles. The number of hydrogen-bond donors (Lipinski definition) is 0. The molecular formula is C23H27FN2O5S. The van der Waals surface area contributed by atoms with Crippen molar-refractivity contribution in [3.05, 3.63) is 66.0 Å². The SMILES string of the molecule is CC(OC(=O)C1CCN(S(=O)(=O)c2ccccc2F)CC1)C(=O)N(C)Cc1ccccc1. The number of sulfonamides is 1. The van der Waals surface area contributed by atoms with Crippen molar-refractivity contribution in [1.29, 1.82) is 0 Å². The van der Waals surface area contributed by atoms with Crippen molar-refractivity contribution in [2.75, 3.05) is 20.1 Å². The second-order valence-electron chi connectivity index (χ2n) is 7.87. The smallest absolute Gasteiger partial charge is 0.309 e. The van der Waals surface area contributed by atoms with E-state index in [-0.39, 0.29) is 36.7 Å². The molecule has 3 rings (SSSR count). The predicted octanol–water partition coefficient (Wildman–Crippen LogP) is 2.82. The zero-order valence-electron chi connectivity index (χ0n) is 18.1. The Balaban J connectivity index is 1.53. The first-order valence-electron chi connectivity index (χ1n) is 10.4. The summed E-state index contributed by atoms with van der Waals surface area (Å²) in [5.74, 6) is -2.17. The van der Waals surface area contributed by atoms with E-state index in [9.17, 15) is 22.4 Å². The topological polar surface area (TPSA) is 84.0 Å². The van der Waals surface area contributed by atoms with Gasteiger partial charge in [0.2, 0.25) is 10.0 Å². The number of nitrogens with zero attached hydrogens (tertiary/aromatic N) is 2. The molecule has 1 atom stereocenters. The Hall–Kier alpha value is -2.78. The number of amides is 1. The third kappa shape index (κ3) is 5.52. The predicted molar refractivity (Wildman–Crippen MR) is 116 cm³/mol. The first-order chi connectivity index (χ1) is 15.2. The lowest BCUT2D eigenvalue weighted by molar-refractivity contribution is -0.163. The van der Waals surface area contributed by atoms with Crippen LogP contribution in [0.25, 0.3) is 0 Å². The molecule has 1 aliphatic heterocycles. The molecule has 1 saturated heterocycles. The van der Waals surface area contributed by atoms with Gasteiger partial charge in [-0.15, -0.1) is 0 Å². The van der Waals surface area contributed by atoms with Crippen LogP contribution in [0.15, 0.2) is 59.5 Å². The van der Waals surface area contributed by atoms with Crippen LogP contribution in [0.3, 0.4) is 0 Å². The lowest BCUT2D eigenvalue weighted by atomic mass is 9.98. The normalized spacial score (nSPS) is 16.3. The molecule has 0 aromatic heterocycles. The number of hydrogen-bond acceptors (Lipinski definition) is 5. The second kappa shape index (κ2) is 10.2. The molecular weight excluding hydrogens is 435 g/mol. The fraction of sp³-hybridized carbons (Fsp3) is 0.391. The molecule has 0 spiro atoms. The number of piperidine rings is 1. The molecule has 1 fully saturated rings. The van der Waals surface area contributed by atoms with Crippen LogP contribution in [0.2, 0.25) is 0 Å². The molecule has 32 heavy (non-hydrogen) atoms. The highest BCUT2D eigenvalue weighted by molar-refractivity contribution is 7.89. The van der Waals surface area contributed by atoms with Crippen molar-refractivity contribution < 1.29 is 27.1 Å². The van der Waals surface area contributed by atoms with Gasteiger partial charge in [-0.1, -0.05) is 42.5 Å². The van der Waals surface area contributed by atoms with Gasteiger partial charge in [-0.05, 0) is 37.5 Å². The second-order valence-corrected chi connectivity index (χ2v) is 9.77. The zero-order chi connectivity index (χ0) is 23.3. The third-order valence-corrected chi connectivity index (χ3v) is 7.45. The largest absolute Gasteiger partial charge is 0.452 e. The number of carbonyl (C=O) groups is 2. The highest BCUT2D eigenvalue weighted by Crippen LogP contribution is 2.26. The Labute approximate surface area is 187 Å². The monoisotopic (exact) mass is 462 g/mol. The van der Waals surface area contributed by atoms with Gasteiger partial charge in [0.05, 0.1) is 5.92 Å². The van der Waals surface area contributed by atoms with E-state index in [2.05, 4.69) is 0 Å². The van der Waals surface area contributed by atoms with E-state index in [1.807, 2.05) is 30.3 Å². The lowest BCUT2D eigenvalue weighted by Crippen LogP contribution is -2.42. The van der Waals surface area contributed by atoms with Gasteiger partial charge in [-0.2, -0.15) is 4.31 Å². The average Bonchev–Trinajstić information content (AvgIpc) is 2.79. The fourth-order valence-corrected chi connectivity index (χ4v) is 5.23. The summed E-state index contributed by atoms with van der Waals surface area (Å²) >= 11 is 0. The van der Waals surface area contributed by atoms with Crippen molar-refractivity contribution in [2.24, 2.45) is 5.92 Å². The lowest BCUT2D eigenvalue weighted by Gasteiger charge is -2.31. The summed E-state index contributed by atoms with van der Waals surface area (Å²) in [5.41, 5.74) is 0.963. The minimum atomic E-state index is -3.97. The molecule has 1 unspecified atom stereocenters. The Morgan fingerprint density at radius 1 is 1.09 bits per heavy atom. The quantitative estimate of drug-likeness (QED) is 0.591. The van der Waals surface area contributed by atoms with Crippen LogP contribution >= 0.6 is 0 Å². The van der Waals surface area contributed by atoms with E-state index in [1.54, 1.807) is 7.05 Å². The summed E-state index contributed by atoms with van der Waals surface area (Å²) in [6.45, 7) is 2.08. The molecule has 9 heteroatoms. The standard InChI is InChI=1S/C23H27FN2O5S/c1-17(22(27)25(2)16-18-8-4-3-5-9-18)31-23(28)19-12-14-26(15-13-19)32(29,30)21-11-7-6-10-20(21)24/h3-11,17,19H,12-16H2,1-2H3. The molecule has 0 radical (unpaired) electrons. The number of carbonyl (C=O) groups excluding carboxylic acids is 2. The van der Waals surface area contributed by atoms with Crippen LogP contribution in [0.4, 0.5) is 4.39 Å². The van der Waals surface area contributed by atoms with Crippen molar-refractivity contribution >= 4 is 21.9 Å². The number of ether oxygens (including phenoxy) is 1. The molecule has 2 aromatic rings. The van der Waals surface area contributed by atoms with E-state index >= 15 is 0 Å². The first-order valence-corrected chi connectivity index (χ1v) is 11.9. The summed E-state index contributed by atoms with van der Waals surface area (Å²) in [4.78, 5) is 26.2. The number of esters is 1. The van der Waals surface area contributed by atoms with Crippen molar-refractivity contribution in [2.45, 2.75) is 37.3 Å². The first kappa shape index (κ1) is 23.9. The van der Waals surface area contributed by atoms with Crippen molar-refractivity contribution in [1.82, 2.24) is 9.21 Å². The van der Waals surface area contributed by atoms with Crippen LogP contribution in [0, 0.1) is 11.7 Å². The van der Waals surface area contributed by atoms with Gasteiger partial charge in [0.1, 0.15) is 10.7 Å². The number of halogens is 1. The molecule has 7 nitrogen and oxygen atoms in total. The minimum absolute atomic E-state index is 0.0761. The number of likely N-dealkylation sites (N-methyl/N-ethyl adjacent to an activating group) is 1. The fourth-order valence-electron chi connectivity index (χ4n) is 3.69. The summed E-state index contributed by atoms with van der Waals surface area (Å²) in [7, 11) is -2.33. The molecule has 0 aliphatic carbocycles. The van der Waals surface area contributed by atoms with Crippen LogP contribution in [-0.4, -0.2) is 55.7 Å². The highest BCUT2D eigenvalue weighted by Gasteiger charge is 2.35. The maximum absolute atomic E-state index is 14.0. The van der Waals surface area contributed by atoms with E-state index in [0.29, 0.717) is 6.54 Å². The van der Waals surface area contributed by atoms with Gasteiger partial charge in [-0.3, -0.25) is 9.59 Å². The summed E-state index contributed by atoms with van der Waals surface area (Å²) in [6.07, 6.45) is -0.461. The number of benzene rings is 2. The van der Waals surface area contributed by atoms with Gasteiger partial charge in [0.25, 0.3) is 5.91 Å². The molecule has 0 saturated carbocycles. The molecule has 172 valence electrons. The Bertz CT molecular complexity index is 1050. The molecule has 0 bridgehead atoms. The van der Waals surface area contributed by atoms with Crippen LogP contribution in [-0.2, 0) is 30.9 Å². The highest BCUT2D eigenvalue weighted by atomic mass is 32.2. The molecule has 1 amide bonds. The summed E-state index contributed by atoms with van der Waals surface area (Å²) in [5, 5.41) is 0. The van der Waals surface area contributed by atoms with E-state index in [0.717, 1.165) is 11.6 Å². The Morgan fingerprint density at radius 3 is 2.31 bits per heavy atom. The van der Waals surface area contributed by atoms with E-state index in [1.165, 1.54) is 34.3 Å². The third-order valence-electron chi connectivity index (χ3n) is 5.52. The van der Waals surface area contributed by atoms with E-state index < -0.39 is 33.8 Å². The summed E-state index contributed by atoms with van der Waals surface area (Å²) < 4.78 is 45.9. The van der Waals surface area contributed by atoms with Gasteiger partial charge < -0.3 is 9.64 Å². The van der Waals surface area contributed by atoms with Crippen molar-refractivity contribution in [3.63, 3.8) is 0 Å². The van der Waals surface area contributed by atoms with Crippen LogP contribution < -0.4 is 0 Å². The summed E-state index contributed by atoms with van der Waals surface area (Å²) in [6, 6.07) is 14.7. The average molecular weight is 463 g/mol. The molecule has 2 aromatic carbocycles. The Morgan fingerprint density at radius 2 is 1.69 bits per heavy atom. The van der Waals surface area contributed by atoms with Gasteiger partial charge in [0.15, 0.2) is 6.10 Å². The molecule has 0 N–H and O–H groups in total. The maximum Gasteiger partial charge on any atom is 0.309 e. The van der Waals surface area contributed by atoms with Crippen LogP contribution in [0.5, 0.6) is 0 Å². The Kier molecular flexibility index (Phi) is 7.63. The molecule has 1 aliphatic rings. The van der Waals surface area contributed by atoms with Gasteiger partial charge in [0, 0.05) is 26.7 Å². The van der Waals surface area contributed by atoms with E-state index in [4.69, 9.17) is 4.74 Å². The minimum Gasteiger partial charge on any atom is -0.452 e. The van der Waals surface area contributed by atoms with Crippen molar-refractivity contribution in [3.8, 4) is 0 Å². The van der Waals surface area contributed by atoms with Crippen LogP contribution in [0.1, 0.15) is 25.3 Å². The van der Waals surface area contributed by atoms with Gasteiger partial charge in [-0.25, -0.2) is 12.8 Å². The zero-order valence-corrected chi connectivity index (χ0v) is 18.9. The number of rotatable bonds is 7. The van der Waals surface area contributed by atoms with Gasteiger partial charge >= 0.3 is 5.97 Å². The maximum atomic E-state index is 14.0.